The first-order valence-corrected chi connectivity index (χ1v) is 30.9. The molecule has 0 saturated carbocycles. The third kappa shape index (κ3) is 55.1. The van der Waals surface area contributed by atoms with Gasteiger partial charge in [0.05, 0.1) is 25.4 Å². The SMILES string of the molecule is CCCCCC/C=C\C/C=C\CCCCCCCC(=O)OCCCCCCCCCCC/C=C\C/C=C\CCCCCCCCCC(=O)NC(CO)C(O)CCCCCCCCCCCCCCCC. The second kappa shape index (κ2) is 59.4. The number of hydrogen-bond donors (Lipinski definition) is 3. The highest BCUT2D eigenvalue weighted by Gasteiger charge is 2.20. The van der Waals surface area contributed by atoms with Crippen LogP contribution in [0.1, 0.15) is 322 Å². The molecule has 6 heteroatoms. The summed E-state index contributed by atoms with van der Waals surface area (Å²) >= 11 is 0. The Kier molecular flexibility index (Phi) is 57.5. The van der Waals surface area contributed by atoms with Crippen LogP contribution in [0.15, 0.2) is 48.6 Å². The van der Waals surface area contributed by atoms with Crippen molar-refractivity contribution >= 4 is 11.9 Å². The Morgan fingerprint density at radius 3 is 1.10 bits per heavy atom. The molecule has 0 bridgehead atoms. The van der Waals surface area contributed by atoms with Crippen molar-refractivity contribution in [1.82, 2.24) is 5.32 Å². The van der Waals surface area contributed by atoms with Crippen molar-refractivity contribution in [3.05, 3.63) is 48.6 Å². The summed E-state index contributed by atoms with van der Waals surface area (Å²) in [5.74, 6) is -0.0519. The van der Waals surface area contributed by atoms with Gasteiger partial charge in [-0.3, -0.25) is 9.59 Å². The van der Waals surface area contributed by atoms with E-state index in [2.05, 4.69) is 67.8 Å². The van der Waals surface area contributed by atoms with Gasteiger partial charge in [-0.15, -0.1) is 0 Å². The zero-order chi connectivity index (χ0) is 50.7. The van der Waals surface area contributed by atoms with Crippen molar-refractivity contribution in [3.8, 4) is 0 Å². The molecule has 0 aliphatic carbocycles. The summed E-state index contributed by atoms with van der Waals surface area (Å²) in [4.78, 5) is 24.5. The highest BCUT2D eigenvalue weighted by molar-refractivity contribution is 5.76. The number of carbonyl (C=O) groups is 2. The Morgan fingerprint density at radius 2 is 0.714 bits per heavy atom. The molecule has 0 aromatic heterocycles. The molecule has 0 fully saturated rings. The van der Waals surface area contributed by atoms with Gasteiger partial charge in [-0.05, 0) is 89.9 Å². The van der Waals surface area contributed by atoms with Gasteiger partial charge in [0, 0.05) is 12.8 Å². The summed E-state index contributed by atoms with van der Waals surface area (Å²) in [7, 11) is 0. The van der Waals surface area contributed by atoms with Crippen molar-refractivity contribution in [2.75, 3.05) is 13.2 Å². The molecular formula is C64H119NO5. The van der Waals surface area contributed by atoms with Crippen molar-refractivity contribution in [1.29, 1.82) is 0 Å². The van der Waals surface area contributed by atoms with Crippen LogP contribution in [-0.4, -0.2) is 47.4 Å². The first-order valence-electron chi connectivity index (χ1n) is 30.9. The van der Waals surface area contributed by atoms with E-state index in [0.29, 0.717) is 25.9 Å². The molecular weight excluding hydrogens is 863 g/mol. The number of amides is 1. The van der Waals surface area contributed by atoms with Gasteiger partial charge in [-0.2, -0.15) is 0 Å². The molecule has 0 radical (unpaired) electrons. The molecule has 0 heterocycles. The highest BCUT2D eigenvalue weighted by atomic mass is 16.5. The fourth-order valence-electron chi connectivity index (χ4n) is 9.35. The lowest BCUT2D eigenvalue weighted by Crippen LogP contribution is -2.45. The lowest BCUT2D eigenvalue weighted by atomic mass is 10.0. The maximum atomic E-state index is 12.5. The largest absolute Gasteiger partial charge is 0.466 e. The van der Waals surface area contributed by atoms with Gasteiger partial charge in [-0.25, -0.2) is 0 Å². The van der Waals surface area contributed by atoms with Crippen LogP contribution in [0.2, 0.25) is 0 Å². The van der Waals surface area contributed by atoms with Crippen LogP contribution in [0.3, 0.4) is 0 Å². The van der Waals surface area contributed by atoms with E-state index in [4.69, 9.17) is 4.74 Å². The Bertz CT molecular complexity index is 1180. The molecule has 0 aromatic carbocycles. The van der Waals surface area contributed by atoms with Crippen LogP contribution in [0, 0.1) is 0 Å². The number of aliphatic hydroxyl groups is 2. The van der Waals surface area contributed by atoms with E-state index >= 15 is 0 Å². The molecule has 0 spiro atoms. The second-order valence-electron chi connectivity index (χ2n) is 21.0. The average molecular weight is 983 g/mol. The topological polar surface area (TPSA) is 95.9 Å². The smallest absolute Gasteiger partial charge is 0.305 e. The fraction of sp³-hybridized carbons (Fsp3) is 0.844. The van der Waals surface area contributed by atoms with Gasteiger partial charge in [0.15, 0.2) is 0 Å². The summed E-state index contributed by atoms with van der Waals surface area (Å²) < 4.78 is 5.47. The Balaban J connectivity index is 3.45. The number of carbonyl (C=O) groups excluding carboxylic acids is 2. The molecule has 3 N–H and O–H groups in total. The van der Waals surface area contributed by atoms with E-state index < -0.39 is 12.1 Å². The normalized spacial score (nSPS) is 12.9. The number of allylic oxidation sites excluding steroid dienone is 8. The quantitative estimate of drug-likeness (QED) is 0.0321. The predicted molar refractivity (Wildman–Crippen MR) is 306 cm³/mol. The monoisotopic (exact) mass is 982 g/mol. The Morgan fingerprint density at radius 1 is 0.400 bits per heavy atom. The molecule has 70 heavy (non-hydrogen) atoms. The first-order chi connectivity index (χ1) is 34.5. The van der Waals surface area contributed by atoms with Gasteiger partial charge in [0.25, 0.3) is 0 Å². The van der Waals surface area contributed by atoms with E-state index in [-0.39, 0.29) is 18.5 Å². The first kappa shape index (κ1) is 67.8. The van der Waals surface area contributed by atoms with Crippen LogP contribution in [0.25, 0.3) is 0 Å². The molecule has 0 aliphatic heterocycles. The van der Waals surface area contributed by atoms with E-state index in [1.165, 1.54) is 218 Å². The molecule has 0 aromatic rings. The number of unbranched alkanes of at least 4 members (excludes halogenated alkanes) is 38. The molecule has 6 nitrogen and oxygen atoms in total. The predicted octanol–water partition coefficient (Wildman–Crippen LogP) is 19.4. The molecule has 0 aliphatic rings. The number of hydrogen-bond acceptors (Lipinski definition) is 5. The molecule has 2 unspecified atom stereocenters. The van der Waals surface area contributed by atoms with Crippen LogP contribution in [0.4, 0.5) is 0 Å². The summed E-state index contributed by atoms with van der Waals surface area (Å²) in [5, 5.41) is 23.3. The number of nitrogens with one attached hydrogen (secondary N) is 1. The van der Waals surface area contributed by atoms with Crippen molar-refractivity contribution in [3.63, 3.8) is 0 Å². The minimum atomic E-state index is -0.671. The molecule has 1 amide bonds. The van der Waals surface area contributed by atoms with Crippen LogP contribution < -0.4 is 5.32 Å². The number of ether oxygens (including phenoxy) is 1. The Hall–Kier alpha value is -2.18. The maximum Gasteiger partial charge on any atom is 0.305 e. The summed E-state index contributed by atoms with van der Waals surface area (Å²) in [6, 6.07) is -0.550. The third-order valence-corrected chi connectivity index (χ3v) is 14.1. The van der Waals surface area contributed by atoms with E-state index in [1.54, 1.807) is 0 Å². The second-order valence-corrected chi connectivity index (χ2v) is 21.0. The maximum absolute atomic E-state index is 12.5. The van der Waals surface area contributed by atoms with Crippen LogP contribution in [-0.2, 0) is 14.3 Å². The molecule has 410 valence electrons. The highest BCUT2D eigenvalue weighted by Crippen LogP contribution is 2.17. The minimum Gasteiger partial charge on any atom is -0.466 e. The summed E-state index contributed by atoms with van der Waals surface area (Å²) in [6.07, 6.45) is 75.4. The lowest BCUT2D eigenvalue weighted by molar-refractivity contribution is -0.143. The number of aliphatic hydroxyl groups excluding tert-OH is 2. The number of esters is 1. The molecule has 0 saturated heterocycles. The number of rotatable bonds is 57. The van der Waals surface area contributed by atoms with E-state index in [9.17, 15) is 19.8 Å². The molecule has 0 rings (SSSR count). The van der Waals surface area contributed by atoms with E-state index in [0.717, 1.165) is 70.6 Å². The van der Waals surface area contributed by atoms with Crippen molar-refractivity contribution < 1.29 is 24.5 Å². The van der Waals surface area contributed by atoms with Crippen LogP contribution in [0.5, 0.6) is 0 Å². The van der Waals surface area contributed by atoms with Crippen LogP contribution >= 0.6 is 0 Å². The average Bonchev–Trinajstić information content (AvgIpc) is 3.36. The fourth-order valence-corrected chi connectivity index (χ4v) is 9.35. The molecule has 2 atom stereocenters. The van der Waals surface area contributed by atoms with Gasteiger partial charge in [-0.1, -0.05) is 268 Å². The summed E-state index contributed by atoms with van der Waals surface area (Å²) in [5.41, 5.74) is 0. The zero-order valence-corrected chi connectivity index (χ0v) is 46.7. The zero-order valence-electron chi connectivity index (χ0n) is 46.7. The lowest BCUT2D eigenvalue weighted by Gasteiger charge is -2.22. The minimum absolute atomic E-state index is 0.00668. The van der Waals surface area contributed by atoms with Gasteiger partial charge < -0.3 is 20.3 Å². The van der Waals surface area contributed by atoms with E-state index in [1.807, 2.05) is 0 Å². The van der Waals surface area contributed by atoms with Gasteiger partial charge in [0.1, 0.15) is 0 Å². The van der Waals surface area contributed by atoms with Gasteiger partial charge >= 0.3 is 5.97 Å². The van der Waals surface area contributed by atoms with Crippen molar-refractivity contribution in [2.24, 2.45) is 0 Å². The Labute approximate surface area is 436 Å². The third-order valence-electron chi connectivity index (χ3n) is 14.1. The van der Waals surface area contributed by atoms with Gasteiger partial charge in [0.2, 0.25) is 5.91 Å². The van der Waals surface area contributed by atoms with Crippen molar-refractivity contribution in [2.45, 2.75) is 334 Å². The standard InChI is InChI=1S/C64H119NO5/c1-3-5-7-9-11-13-15-17-19-30-34-38-42-46-50-54-58-64(69)70-59-55-51-47-43-39-35-31-28-26-24-22-20-21-23-25-27-29-33-37-41-45-49-53-57-63(68)65-61(60-66)62(67)56-52-48-44-40-36-32-18-16-14-12-10-8-6-4-2/h13,15,19-20,22-23,25,30,61-62,66-67H,3-12,14,16-18,21,24,26-29,31-60H2,1-2H3,(H,65,68)/b15-13-,22-20-,25-23-,30-19-. The summed E-state index contributed by atoms with van der Waals surface area (Å²) in [6.45, 7) is 4.93.